The number of rotatable bonds is 3. The fourth-order valence-electron chi connectivity index (χ4n) is 2.27. The van der Waals surface area contributed by atoms with E-state index in [0.717, 1.165) is 0 Å². The van der Waals surface area contributed by atoms with Crippen LogP contribution in [-0.4, -0.2) is 18.4 Å². The molecule has 0 unspecified atom stereocenters. The number of alkyl halides is 2. The number of hydrogen-bond acceptors (Lipinski definition) is 3. The maximum absolute atomic E-state index is 13.4. The summed E-state index contributed by atoms with van der Waals surface area (Å²) in [6, 6.07) is 11.3. The molecule has 0 radical (unpaired) electrons. The molecule has 0 aliphatic carbocycles. The Morgan fingerprint density at radius 2 is 1.83 bits per heavy atom. The second-order valence-corrected chi connectivity index (χ2v) is 5.29. The van der Waals surface area contributed by atoms with E-state index in [1.165, 1.54) is 6.07 Å². The lowest BCUT2D eigenvalue weighted by Crippen LogP contribution is -2.30. The first kappa shape index (κ1) is 15.4. The van der Waals surface area contributed by atoms with Crippen molar-refractivity contribution in [1.82, 2.24) is 5.43 Å². The summed E-state index contributed by atoms with van der Waals surface area (Å²) in [6.07, 6.45) is -3.32. The molecule has 0 aromatic heterocycles. The number of hydrazone groups is 1. The first-order valence-electron chi connectivity index (χ1n) is 6.72. The number of nitrogens with one attached hydrogen (secondary N) is 1. The molecule has 0 atom stereocenters. The van der Waals surface area contributed by atoms with Crippen molar-refractivity contribution in [2.75, 3.05) is 6.61 Å². The molecular formula is C16H11ClF2N2O2. The van der Waals surface area contributed by atoms with Gasteiger partial charge in [-0.15, -0.1) is 0 Å². The van der Waals surface area contributed by atoms with Crippen molar-refractivity contribution in [3.63, 3.8) is 0 Å². The third kappa shape index (κ3) is 3.32. The van der Waals surface area contributed by atoms with E-state index < -0.39 is 12.5 Å². The lowest BCUT2D eigenvalue weighted by molar-refractivity contribution is 0.151. The molecule has 1 heterocycles. The van der Waals surface area contributed by atoms with Crippen molar-refractivity contribution >= 4 is 23.4 Å². The number of ether oxygens (including phenoxy) is 1. The van der Waals surface area contributed by atoms with Gasteiger partial charge in [-0.05, 0) is 29.3 Å². The number of amides is 1. The molecule has 1 N–H and O–H groups in total. The summed E-state index contributed by atoms with van der Waals surface area (Å²) in [5, 5.41) is 4.36. The predicted octanol–water partition coefficient (Wildman–Crippen LogP) is 4.39. The van der Waals surface area contributed by atoms with Crippen LogP contribution in [0.15, 0.2) is 47.6 Å². The zero-order valence-electron chi connectivity index (χ0n) is 11.7. The largest absolute Gasteiger partial charge is 0.442 e. The van der Waals surface area contributed by atoms with Gasteiger partial charge in [0, 0.05) is 16.1 Å². The van der Waals surface area contributed by atoms with E-state index in [1.54, 1.807) is 36.4 Å². The molecule has 0 fully saturated rings. The van der Waals surface area contributed by atoms with Gasteiger partial charge in [0.25, 0.3) is 6.43 Å². The van der Waals surface area contributed by atoms with E-state index in [2.05, 4.69) is 10.5 Å². The molecule has 0 spiro atoms. The second-order valence-electron chi connectivity index (χ2n) is 4.86. The van der Waals surface area contributed by atoms with Crippen LogP contribution in [0, 0.1) is 0 Å². The van der Waals surface area contributed by atoms with Crippen LogP contribution in [0.2, 0.25) is 5.02 Å². The third-order valence-electron chi connectivity index (χ3n) is 3.40. The smallest absolute Gasteiger partial charge is 0.428 e. The highest BCUT2D eigenvalue weighted by Gasteiger charge is 2.19. The minimum atomic E-state index is -2.65. The molecule has 23 heavy (non-hydrogen) atoms. The van der Waals surface area contributed by atoms with Gasteiger partial charge in [0.15, 0.2) is 0 Å². The monoisotopic (exact) mass is 336 g/mol. The molecule has 3 rings (SSSR count). The van der Waals surface area contributed by atoms with Crippen molar-refractivity contribution in [3.8, 4) is 11.1 Å². The quantitative estimate of drug-likeness (QED) is 0.903. The average molecular weight is 337 g/mol. The molecule has 1 aliphatic rings. The lowest BCUT2D eigenvalue weighted by atomic mass is 9.96. The van der Waals surface area contributed by atoms with Crippen molar-refractivity contribution < 1.29 is 18.3 Å². The molecule has 0 saturated heterocycles. The highest BCUT2D eigenvalue weighted by molar-refractivity contribution is 6.30. The first-order chi connectivity index (χ1) is 11.0. The van der Waals surface area contributed by atoms with E-state index in [9.17, 15) is 13.6 Å². The number of halogens is 3. The van der Waals surface area contributed by atoms with Crippen LogP contribution in [0.25, 0.3) is 11.1 Å². The van der Waals surface area contributed by atoms with Crippen LogP contribution in [0.4, 0.5) is 13.6 Å². The number of hydrogen-bond donors (Lipinski definition) is 1. The minimum absolute atomic E-state index is 0.0607. The van der Waals surface area contributed by atoms with E-state index >= 15 is 0 Å². The SMILES string of the molecule is O=C1NN=C(c2ccc(-c3ccc(Cl)cc3)c(C(F)F)c2)CO1. The molecule has 0 bridgehead atoms. The van der Waals surface area contributed by atoms with E-state index in [-0.39, 0.29) is 12.2 Å². The van der Waals surface area contributed by atoms with Crippen LogP contribution in [0.1, 0.15) is 17.6 Å². The molecule has 2 aromatic carbocycles. The van der Waals surface area contributed by atoms with E-state index in [1.807, 2.05) is 0 Å². The molecule has 118 valence electrons. The van der Waals surface area contributed by atoms with Gasteiger partial charge in [0.05, 0.1) is 0 Å². The predicted molar refractivity (Wildman–Crippen MR) is 82.9 cm³/mol. The number of nitrogens with zero attached hydrogens (tertiary/aromatic N) is 1. The summed E-state index contributed by atoms with van der Waals surface area (Å²) in [5.74, 6) is 0. The normalized spacial score (nSPS) is 14.3. The maximum Gasteiger partial charge on any atom is 0.428 e. The topological polar surface area (TPSA) is 50.7 Å². The van der Waals surface area contributed by atoms with Crippen molar-refractivity contribution in [1.29, 1.82) is 0 Å². The van der Waals surface area contributed by atoms with E-state index in [0.29, 0.717) is 27.4 Å². The van der Waals surface area contributed by atoms with Crippen LogP contribution in [0.3, 0.4) is 0 Å². The minimum Gasteiger partial charge on any atom is -0.442 e. The van der Waals surface area contributed by atoms with Crippen molar-refractivity contribution in [2.24, 2.45) is 5.10 Å². The maximum atomic E-state index is 13.4. The molecule has 2 aromatic rings. The zero-order chi connectivity index (χ0) is 16.4. The van der Waals surface area contributed by atoms with E-state index in [4.69, 9.17) is 16.3 Å². The Kier molecular flexibility index (Phi) is 4.25. The van der Waals surface area contributed by atoms with Gasteiger partial charge in [-0.1, -0.05) is 35.9 Å². The summed E-state index contributed by atoms with van der Waals surface area (Å²) in [7, 11) is 0. The number of benzene rings is 2. The summed E-state index contributed by atoms with van der Waals surface area (Å²) < 4.78 is 31.7. The highest BCUT2D eigenvalue weighted by atomic mass is 35.5. The van der Waals surface area contributed by atoms with Gasteiger partial charge >= 0.3 is 6.09 Å². The van der Waals surface area contributed by atoms with Crippen molar-refractivity contribution in [3.05, 3.63) is 58.6 Å². The van der Waals surface area contributed by atoms with Gasteiger partial charge in [-0.2, -0.15) is 5.10 Å². The summed E-state index contributed by atoms with van der Waals surface area (Å²) in [4.78, 5) is 10.9. The Morgan fingerprint density at radius 3 is 2.43 bits per heavy atom. The summed E-state index contributed by atoms with van der Waals surface area (Å²) >= 11 is 5.83. The fourth-order valence-corrected chi connectivity index (χ4v) is 2.40. The van der Waals surface area contributed by atoms with Crippen molar-refractivity contribution in [2.45, 2.75) is 6.43 Å². The third-order valence-corrected chi connectivity index (χ3v) is 3.65. The summed E-state index contributed by atoms with van der Waals surface area (Å²) in [5.41, 5.74) is 3.95. The molecule has 1 amide bonds. The Morgan fingerprint density at radius 1 is 1.13 bits per heavy atom. The average Bonchev–Trinajstić information content (AvgIpc) is 2.56. The Balaban J connectivity index is 2.02. The zero-order valence-corrected chi connectivity index (χ0v) is 12.5. The molecule has 1 aliphatic heterocycles. The van der Waals surface area contributed by atoms with Crippen LogP contribution in [-0.2, 0) is 4.74 Å². The number of carbonyl (C=O) groups is 1. The Bertz CT molecular complexity index is 776. The number of carbonyl (C=O) groups excluding carboxylic acids is 1. The number of cyclic esters (lactones) is 1. The molecule has 0 saturated carbocycles. The van der Waals surface area contributed by atoms with Crippen LogP contribution >= 0.6 is 11.6 Å². The second kappa shape index (κ2) is 6.34. The molecule has 7 heteroatoms. The molecule has 4 nitrogen and oxygen atoms in total. The standard InChI is InChI=1S/C16H11ClF2N2O2/c17-11-4-1-9(2-5-11)12-6-3-10(7-13(12)15(18)19)14-8-23-16(22)21-20-14/h1-7,15H,8H2,(H,21,22). The molecular weight excluding hydrogens is 326 g/mol. The van der Waals surface area contributed by atoms with Gasteiger partial charge in [-0.3, -0.25) is 0 Å². The highest BCUT2D eigenvalue weighted by Crippen LogP contribution is 2.32. The van der Waals surface area contributed by atoms with Crippen LogP contribution < -0.4 is 5.43 Å². The van der Waals surface area contributed by atoms with Gasteiger partial charge < -0.3 is 4.74 Å². The van der Waals surface area contributed by atoms with Gasteiger partial charge in [-0.25, -0.2) is 19.0 Å². The van der Waals surface area contributed by atoms with Gasteiger partial charge in [0.1, 0.15) is 12.3 Å². The fraction of sp³-hybridized carbons (Fsp3) is 0.125. The first-order valence-corrected chi connectivity index (χ1v) is 7.10. The van der Waals surface area contributed by atoms with Crippen LogP contribution in [0.5, 0.6) is 0 Å². The van der Waals surface area contributed by atoms with Gasteiger partial charge in [0.2, 0.25) is 0 Å². The Labute approximate surface area is 135 Å². The lowest BCUT2D eigenvalue weighted by Gasteiger charge is -2.16. The summed E-state index contributed by atoms with van der Waals surface area (Å²) in [6.45, 7) is -0.0607. The Hall–Kier alpha value is -2.47.